The van der Waals surface area contributed by atoms with E-state index in [2.05, 4.69) is 141 Å². The molecule has 3 rings (SSSR count). The van der Waals surface area contributed by atoms with Crippen LogP contribution in [-0.4, -0.2) is 0 Å². The number of hydrogen-bond acceptors (Lipinski definition) is 0. The van der Waals surface area contributed by atoms with Gasteiger partial charge in [-0.25, -0.2) is 0 Å². The maximum absolute atomic E-state index is 3.73. The third-order valence-electron chi connectivity index (χ3n) is 5.16. The maximum atomic E-state index is 3.73. The first kappa shape index (κ1) is 21.6. The van der Waals surface area contributed by atoms with Crippen molar-refractivity contribution in [1.82, 2.24) is 0 Å². The molecule has 146 valence electrons. The summed E-state index contributed by atoms with van der Waals surface area (Å²) in [6.07, 6.45) is 0. The molecule has 0 heterocycles. The predicted molar refractivity (Wildman–Crippen MR) is 135 cm³/mol. The van der Waals surface area contributed by atoms with Crippen LogP contribution >= 0.6 is 38.5 Å². The molecular formula is C26H28BrI. The zero-order valence-corrected chi connectivity index (χ0v) is 21.3. The molecular weight excluding hydrogens is 519 g/mol. The fraction of sp³-hybridized carbons (Fsp3) is 0.308. The Kier molecular flexibility index (Phi) is 6.12. The molecule has 0 N–H and O–H groups in total. The van der Waals surface area contributed by atoms with Crippen LogP contribution in [0.4, 0.5) is 0 Å². The molecule has 0 saturated heterocycles. The minimum atomic E-state index is 0.170. The number of halogens is 2. The van der Waals surface area contributed by atoms with Gasteiger partial charge in [0.05, 0.1) is 0 Å². The van der Waals surface area contributed by atoms with Crippen molar-refractivity contribution in [2.24, 2.45) is 0 Å². The largest absolute Gasteiger partial charge is 0.0579 e. The lowest BCUT2D eigenvalue weighted by atomic mass is 9.85. The smallest absolute Gasteiger partial charge is 0.0288 e. The van der Waals surface area contributed by atoms with Crippen molar-refractivity contribution >= 4 is 38.5 Å². The van der Waals surface area contributed by atoms with Crippen LogP contribution in [0.2, 0.25) is 0 Å². The topological polar surface area (TPSA) is 0 Å². The summed E-state index contributed by atoms with van der Waals surface area (Å²) in [5.74, 6) is 0. The van der Waals surface area contributed by atoms with Gasteiger partial charge in [-0.3, -0.25) is 0 Å². The van der Waals surface area contributed by atoms with E-state index in [1.54, 1.807) is 0 Å². The normalized spacial score (nSPS) is 12.3. The van der Waals surface area contributed by atoms with E-state index in [1.165, 1.54) is 37.0 Å². The molecule has 0 spiro atoms. The molecule has 0 aliphatic rings. The molecule has 0 aliphatic carbocycles. The van der Waals surface area contributed by atoms with E-state index < -0.39 is 0 Å². The fourth-order valence-corrected chi connectivity index (χ4v) is 4.70. The van der Waals surface area contributed by atoms with Gasteiger partial charge in [0, 0.05) is 8.04 Å². The predicted octanol–water partition coefficient (Wildman–Crippen LogP) is 8.98. The zero-order valence-electron chi connectivity index (χ0n) is 17.5. The number of benzene rings is 3. The average Bonchev–Trinajstić information content (AvgIpc) is 2.62. The average molecular weight is 547 g/mol. The Labute approximate surface area is 192 Å². The van der Waals surface area contributed by atoms with E-state index in [9.17, 15) is 0 Å². The van der Waals surface area contributed by atoms with Crippen LogP contribution in [0, 0.1) is 3.57 Å². The lowest BCUT2D eigenvalue weighted by molar-refractivity contribution is 0.590. The number of hydrogen-bond donors (Lipinski definition) is 0. The van der Waals surface area contributed by atoms with Crippen LogP contribution in [0.5, 0.6) is 0 Å². The summed E-state index contributed by atoms with van der Waals surface area (Å²) in [7, 11) is 0. The second-order valence-corrected chi connectivity index (χ2v) is 11.5. The number of rotatable bonds is 2. The molecule has 3 aromatic carbocycles. The van der Waals surface area contributed by atoms with Crippen LogP contribution in [0.1, 0.15) is 52.7 Å². The summed E-state index contributed by atoms with van der Waals surface area (Å²) in [5.41, 5.74) is 8.11. The molecule has 0 nitrogen and oxygen atoms in total. The Balaban J connectivity index is 2.05. The highest BCUT2D eigenvalue weighted by Crippen LogP contribution is 2.38. The van der Waals surface area contributed by atoms with Gasteiger partial charge in [-0.2, -0.15) is 0 Å². The van der Waals surface area contributed by atoms with Crippen molar-refractivity contribution in [2.75, 3.05) is 0 Å². The molecule has 0 aromatic heterocycles. The van der Waals surface area contributed by atoms with Gasteiger partial charge >= 0.3 is 0 Å². The van der Waals surface area contributed by atoms with Gasteiger partial charge in [-0.05, 0) is 78.9 Å². The SMILES string of the molecule is CC(C)(C)c1ccc(-c2cc(Br)cc(-c3ccc(C(C)(C)C)cc3)c2I)cc1. The molecule has 0 aliphatic heterocycles. The van der Waals surface area contributed by atoms with Crippen molar-refractivity contribution in [3.63, 3.8) is 0 Å². The van der Waals surface area contributed by atoms with Crippen molar-refractivity contribution < 1.29 is 0 Å². The summed E-state index contributed by atoms with van der Waals surface area (Å²) in [6.45, 7) is 13.5. The van der Waals surface area contributed by atoms with E-state index in [1.807, 2.05) is 0 Å². The van der Waals surface area contributed by atoms with Gasteiger partial charge in [0.2, 0.25) is 0 Å². The van der Waals surface area contributed by atoms with Gasteiger partial charge < -0.3 is 0 Å². The minimum Gasteiger partial charge on any atom is -0.0579 e. The van der Waals surface area contributed by atoms with Crippen LogP contribution in [-0.2, 0) is 10.8 Å². The second-order valence-electron chi connectivity index (χ2n) is 9.47. The minimum absolute atomic E-state index is 0.170. The summed E-state index contributed by atoms with van der Waals surface area (Å²) < 4.78 is 2.39. The van der Waals surface area contributed by atoms with Crippen LogP contribution in [0.25, 0.3) is 22.3 Å². The Hall–Kier alpha value is -1.13. The van der Waals surface area contributed by atoms with Gasteiger partial charge in [-0.1, -0.05) is 106 Å². The van der Waals surface area contributed by atoms with Gasteiger partial charge in [0.1, 0.15) is 0 Å². The summed E-state index contributed by atoms with van der Waals surface area (Å²) in [4.78, 5) is 0. The van der Waals surface area contributed by atoms with E-state index in [4.69, 9.17) is 0 Å². The first-order valence-electron chi connectivity index (χ1n) is 9.68. The molecule has 0 atom stereocenters. The molecule has 2 heteroatoms. The third kappa shape index (κ3) is 4.71. The van der Waals surface area contributed by atoms with E-state index >= 15 is 0 Å². The summed E-state index contributed by atoms with van der Waals surface area (Å²) in [6, 6.07) is 22.5. The molecule has 28 heavy (non-hydrogen) atoms. The van der Waals surface area contributed by atoms with Crippen LogP contribution < -0.4 is 0 Å². The van der Waals surface area contributed by atoms with Gasteiger partial charge in [0.25, 0.3) is 0 Å². The van der Waals surface area contributed by atoms with E-state index in [-0.39, 0.29) is 10.8 Å². The van der Waals surface area contributed by atoms with Gasteiger partial charge in [0.15, 0.2) is 0 Å². The Morgan fingerprint density at radius 1 is 0.607 bits per heavy atom. The molecule has 0 amide bonds. The van der Waals surface area contributed by atoms with Crippen molar-refractivity contribution in [3.05, 3.63) is 79.8 Å². The monoisotopic (exact) mass is 546 g/mol. The van der Waals surface area contributed by atoms with E-state index in [0.29, 0.717) is 0 Å². The van der Waals surface area contributed by atoms with Crippen LogP contribution in [0.3, 0.4) is 0 Å². The first-order chi connectivity index (χ1) is 13.0. The Morgan fingerprint density at radius 3 is 1.21 bits per heavy atom. The lowest BCUT2D eigenvalue weighted by Crippen LogP contribution is -2.10. The molecule has 0 saturated carbocycles. The summed E-state index contributed by atoms with van der Waals surface area (Å²) >= 11 is 6.22. The Bertz CT molecular complexity index is 890. The van der Waals surface area contributed by atoms with Gasteiger partial charge in [-0.15, -0.1) is 0 Å². The highest BCUT2D eigenvalue weighted by atomic mass is 127. The lowest BCUT2D eigenvalue weighted by Gasteiger charge is -2.20. The third-order valence-corrected chi connectivity index (χ3v) is 6.78. The standard InChI is InChI=1S/C26H28BrI/c1-25(2,3)19-11-7-17(8-12-19)22-15-21(27)16-23(24(22)28)18-9-13-20(14-10-18)26(4,5)6/h7-16H,1-6H3. The quantitative estimate of drug-likeness (QED) is 0.281. The van der Waals surface area contributed by atoms with Crippen molar-refractivity contribution in [3.8, 4) is 22.3 Å². The van der Waals surface area contributed by atoms with Crippen molar-refractivity contribution in [2.45, 2.75) is 52.4 Å². The fourth-order valence-electron chi connectivity index (χ4n) is 3.31. The zero-order chi connectivity index (χ0) is 20.7. The molecule has 0 radical (unpaired) electrons. The first-order valence-corrected chi connectivity index (χ1v) is 11.5. The second kappa shape index (κ2) is 7.95. The van der Waals surface area contributed by atoms with E-state index in [0.717, 1.165) is 4.47 Å². The maximum Gasteiger partial charge on any atom is 0.0288 e. The molecule has 3 aromatic rings. The van der Waals surface area contributed by atoms with Crippen LogP contribution in [0.15, 0.2) is 65.1 Å². The molecule has 0 bridgehead atoms. The highest BCUT2D eigenvalue weighted by Gasteiger charge is 2.17. The summed E-state index contributed by atoms with van der Waals surface area (Å²) in [5, 5.41) is 0. The van der Waals surface area contributed by atoms with Crippen molar-refractivity contribution in [1.29, 1.82) is 0 Å². The Morgan fingerprint density at radius 2 is 0.929 bits per heavy atom. The molecule has 0 unspecified atom stereocenters. The molecule has 0 fully saturated rings. The highest BCUT2D eigenvalue weighted by molar-refractivity contribution is 14.1.